The summed E-state index contributed by atoms with van der Waals surface area (Å²) in [5.41, 5.74) is 1.02. The van der Waals surface area contributed by atoms with Gasteiger partial charge in [-0.25, -0.2) is 0 Å². The minimum absolute atomic E-state index is 0.242. The van der Waals surface area contributed by atoms with Crippen molar-refractivity contribution >= 4 is 5.91 Å². The summed E-state index contributed by atoms with van der Waals surface area (Å²) in [5, 5.41) is 3.38. The molecule has 90 valence electrons. The number of rotatable bonds is 3. The molecular formula is C13H22N2O. The van der Waals surface area contributed by atoms with E-state index in [1.54, 1.807) is 0 Å². The van der Waals surface area contributed by atoms with Gasteiger partial charge in [-0.1, -0.05) is 12.8 Å². The van der Waals surface area contributed by atoms with Crippen molar-refractivity contribution in [3.05, 3.63) is 11.8 Å². The Morgan fingerprint density at radius 1 is 1.38 bits per heavy atom. The van der Waals surface area contributed by atoms with Crippen LogP contribution in [0.4, 0.5) is 0 Å². The zero-order valence-electron chi connectivity index (χ0n) is 10.3. The predicted octanol–water partition coefficient (Wildman–Crippen LogP) is 1.90. The second kappa shape index (κ2) is 4.89. The quantitative estimate of drug-likeness (QED) is 0.791. The summed E-state index contributed by atoms with van der Waals surface area (Å²) < 4.78 is 0. The van der Waals surface area contributed by atoms with Crippen LogP contribution < -0.4 is 5.32 Å². The first-order chi connectivity index (χ1) is 7.77. The molecular weight excluding hydrogens is 200 g/mol. The minimum Gasteiger partial charge on any atom is -0.387 e. The fourth-order valence-electron chi connectivity index (χ4n) is 2.92. The van der Waals surface area contributed by atoms with Gasteiger partial charge in [-0.3, -0.25) is 4.79 Å². The largest absolute Gasteiger partial charge is 0.387 e. The van der Waals surface area contributed by atoms with Gasteiger partial charge in [0.25, 0.3) is 5.91 Å². The maximum Gasteiger partial charge on any atom is 0.251 e. The molecule has 0 bridgehead atoms. The van der Waals surface area contributed by atoms with Crippen LogP contribution in [-0.4, -0.2) is 29.9 Å². The molecule has 0 aromatic carbocycles. The molecule has 0 aromatic rings. The smallest absolute Gasteiger partial charge is 0.251 e. The molecule has 1 heterocycles. The molecule has 1 fully saturated rings. The Hall–Kier alpha value is -0.990. The van der Waals surface area contributed by atoms with Crippen LogP contribution in [-0.2, 0) is 4.79 Å². The van der Waals surface area contributed by atoms with Gasteiger partial charge >= 0.3 is 0 Å². The van der Waals surface area contributed by atoms with E-state index in [2.05, 4.69) is 5.32 Å². The first-order valence-corrected chi connectivity index (χ1v) is 6.53. The molecule has 16 heavy (non-hydrogen) atoms. The van der Waals surface area contributed by atoms with E-state index >= 15 is 0 Å². The lowest BCUT2D eigenvalue weighted by Crippen LogP contribution is -2.36. The number of amides is 1. The van der Waals surface area contributed by atoms with Crippen molar-refractivity contribution in [1.29, 1.82) is 0 Å². The van der Waals surface area contributed by atoms with Gasteiger partial charge in [0.05, 0.1) is 0 Å². The standard InChI is InChI=1S/C13H22N2O/c1-3-15(4-2)13(16)11-9-14-12-8-6-5-7-10(11)12/h9-10,12,14H,3-8H2,1-2H3. The molecule has 0 radical (unpaired) electrons. The van der Waals surface area contributed by atoms with Crippen LogP contribution in [0.5, 0.6) is 0 Å². The molecule has 1 aliphatic carbocycles. The number of nitrogens with zero attached hydrogens (tertiary/aromatic N) is 1. The third kappa shape index (κ3) is 1.95. The number of likely N-dealkylation sites (N-methyl/N-ethyl adjacent to an activating group) is 1. The summed E-state index contributed by atoms with van der Waals surface area (Å²) in [6, 6.07) is 0.531. The molecule has 3 heteroatoms. The minimum atomic E-state index is 0.242. The maximum atomic E-state index is 12.3. The number of carbonyl (C=O) groups is 1. The van der Waals surface area contributed by atoms with Gasteiger partial charge in [0, 0.05) is 36.8 Å². The predicted molar refractivity (Wildman–Crippen MR) is 64.9 cm³/mol. The lowest BCUT2D eigenvalue weighted by atomic mass is 9.82. The summed E-state index contributed by atoms with van der Waals surface area (Å²) in [6.07, 6.45) is 6.94. The first-order valence-electron chi connectivity index (χ1n) is 6.53. The van der Waals surface area contributed by atoms with Gasteiger partial charge in [0.15, 0.2) is 0 Å². The van der Waals surface area contributed by atoms with E-state index in [-0.39, 0.29) is 5.91 Å². The number of nitrogens with one attached hydrogen (secondary N) is 1. The molecule has 0 aromatic heterocycles. The van der Waals surface area contributed by atoms with Crippen molar-refractivity contribution in [3.8, 4) is 0 Å². The average molecular weight is 222 g/mol. The zero-order chi connectivity index (χ0) is 11.5. The van der Waals surface area contributed by atoms with Crippen molar-refractivity contribution in [1.82, 2.24) is 10.2 Å². The highest BCUT2D eigenvalue weighted by Gasteiger charge is 2.36. The maximum absolute atomic E-state index is 12.3. The third-order valence-electron chi connectivity index (χ3n) is 3.92. The van der Waals surface area contributed by atoms with E-state index in [9.17, 15) is 4.79 Å². The van der Waals surface area contributed by atoms with Crippen molar-refractivity contribution in [2.45, 2.75) is 45.6 Å². The van der Waals surface area contributed by atoms with Crippen molar-refractivity contribution in [2.75, 3.05) is 13.1 Å². The van der Waals surface area contributed by atoms with Crippen LogP contribution in [0.3, 0.4) is 0 Å². The van der Waals surface area contributed by atoms with Crippen LogP contribution in [0.25, 0.3) is 0 Å². The fraction of sp³-hybridized carbons (Fsp3) is 0.769. The molecule has 2 aliphatic rings. The van der Waals surface area contributed by atoms with Crippen LogP contribution in [0.15, 0.2) is 11.8 Å². The van der Waals surface area contributed by atoms with Gasteiger partial charge in [0.1, 0.15) is 0 Å². The molecule has 0 spiro atoms. The van der Waals surface area contributed by atoms with Gasteiger partial charge in [-0.2, -0.15) is 0 Å². The van der Waals surface area contributed by atoms with Crippen LogP contribution in [0.2, 0.25) is 0 Å². The lowest BCUT2D eigenvalue weighted by molar-refractivity contribution is -0.127. The molecule has 2 unspecified atom stereocenters. The van der Waals surface area contributed by atoms with Crippen molar-refractivity contribution < 1.29 is 4.79 Å². The highest BCUT2D eigenvalue weighted by Crippen LogP contribution is 2.34. The summed E-state index contributed by atoms with van der Waals surface area (Å²) in [5.74, 6) is 0.716. The van der Waals surface area contributed by atoms with Gasteiger partial charge in [0.2, 0.25) is 0 Å². The highest BCUT2D eigenvalue weighted by atomic mass is 16.2. The van der Waals surface area contributed by atoms with Crippen molar-refractivity contribution in [3.63, 3.8) is 0 Å². The monoisotopic (exact) mass is 222 g/mol. The molecule has 2 rings (SSSR count). The summed E-state index contributed by atoms with van der Waals surface area (Å²) in [7, 11) is 0. The normalized spacial score (nSPS) is 28.0. The lowest BCUT2D eigenvalue weighted by Gasteiger charge is -2.29. The molecule has 3 nitrogen and oxygen atoms in total. The van der Waals surface area contributed by atoms with Crippen molar-refractivity contribution in [2.24, 2.45) is 5.92 Å². The van der Waals surface area contributed by atoms with Crippen LogP contribution in [0, 0.1) is 5.92 Å². The third-order valence-corrected chi connectivity index (χ3v) is 3.92. The topological polar surface area (TPSA) is 32.3 Å². The van der Waals surface area contributed by atoms with E-state index in [1.807, 2.05) is 24.9 Å². The highest BCUT2D eigenvalue weighted by molar-refractivity contribution is 5.94. The molecule has 0 saturated heterocycles. The second-order valence-corrected chi connectivity index (χ2v) is 4.74. The number of carbonyl (C=O) groups excluding carboxylic acids is 1. The summed E-state index contributed by atoms with van der Waals surface area (Å²) >= 11 is 0. The van der Waals surface area contributed by atoms with Gasteiger partial charge in [-0.05, 0) is 26.7 Å². The summed E-state index contributed by atoms with van der Waals surface area (Å²) in [4.78, 5) is 14.2. The average Bonchev–Trinajstić information content (AvgIpc) is 2.74. The second-order valence-electron chi connectivity index (χ2n) is 4.74. The van der Waals surface area contributed by atoms with Gasteiger partial charge < -0.3 is 10.2 Å². The Kier molecular flexibility index (Phi) is 3.52. The first kappa shape index (κ1) is 11.5. The molecule has 2 atom stereocenters. The van der Waals surface area contributed by atoms with E-state index in [0.29, 0.717) is 12.0 Å². The van der Waals surface area contributed by atoms with E-state index in [1.165, 1.54) is 25.7 Å². The number of hydrogen-bond donors (Lipinski definition) is 1. The Morgan fingerprint density at radius 2 is 2.06 bits per heavy atom. The summed E-state index contributed by atoms with van der Waals surface area (Å²) in [6.45, 7) is 5.71. The van der Waals surface area contributed by atoms with Gasteiger partial charge in [-0.15, -0.1) is 0 Å². The molecule has 1 amide bonds. The zero-order valence-corrected chi connectivity index (χ0v) is 10.3. The number of hydrogen-bond acceptors (Lipinski definition) is 2. The fourth-order valence-corrected chi connectivity index (χ4v) is 2.92. The Bertz CT molecular complexity index is 294. The molecule has 1 N–H and O–H groups in total. The van der Waals surface area contributed by atoms with Crippen LogP contribution >= 0.6 is 0 Å². The number of fused-ring (bicyclic) bond motifs is 1. The van der Waals surface area contributed by atoms with E-state index < -0.39 is 0 Å². The molecule has 1 aliphatic heterocycles. The Morgan fingerprint density at radius 3 is 2.75 bits per heavy atom. The molecule has 1 saturated carbocycles. The Balaban J connectivity index is 2.06. The Labute approximate surface area is 97.9 Å². The van der Waals surface area contributed by atoms with Crippen LogP contribution in [0.1, 0.15) is 39.5 Å². The SMILES string of the molecule is CCN(CC)C(=O)C1=CNC2CCCCC12. The van der Waals surface area contributed by atoms with E-state index in [0.717, 1.165) is 18.7 Å². The van der Waals surface area contributed by atoms with E-state index in [4.69, 9.17) is 0 Å².